The Hall–Kier alpha value is -2.38. The van der Waals surface area contributed by atoms with Crippen LogP contribution >= 0.6 is 0 Å². The molecule has 0 fully saturated rings. The first-order chi connectivity index (χ1) is 8.34. The molecule has 0 spiro atoms. The van der Waals surface area contributed by atoms with Crippen LogP contribution in [-0.4, -0.2) is 24.5 Å². The molecule has 0 aliphatic rings. The summed E-state index contributed by atoms with van der Waals surface area (Å²) in [5.74, 6) is -0.311. The molecule has 8 heteroatoms. The van der Waals surface area contributed by atoms with Gasteiger partial charge in [0, 0.05) is 14.1 Å². The first-order valence-corrected chi connectivity index (χ1v) is 5.22. The number of aromatic amines is 1. The quantitative estimate of drug-likeness (QED) is 0.689. The van der Waals surface area contributed by atoms with Gasteiger partial charge in [0.1, 0.15) is 11.4 Å². The Morgan fingerprint density at radius 1 is 1.17 bits per heavy atom. The minimum absolute atomic E-state index is 0.0725. The number of aryl methyl sites for hydroxylation is 2. The van der Waals surface area contributed by atoms with E-state index >= 15 is 0 Å². The number of carbonyl (C=O) groups excluding carboxylic acids is 1. The Kier molecular flexibility index (Phi) is 2.57. The maximum atomic E-state index is 12.1. The van der Waals surface area contributed by atoms with Crippen molar-refractivity contribution in [3.8, 4) is 0 Å². The van der Waals surface area contributed by atoms with E-state index in [1.54, 1.807) is 0 Å². The van der Waals surface area contributed by atoms with Crippen molar-refractivity contribution in [2.24, 2.45) is 14.1 Å². The van der Waals surface area contributed by atoms with Crippen molar-refractivity contribution in [1.29, 1.82) is 0 Å². The van der Waals surface area contributed by atoms with Crippen molar-refractivity contribution in [1.82, 2.24) is 18.7 Å². The third-order valence-corrected chi connectivity index (χ3v) is 2.77. The van der Waals surface area contributed by atoms with Gasteiger partial charge in [-0.3, -0.25) is 28.3 Å². The zero-order valence-electron chi connectivity index (χ0n) is 10.2. The van der Waals surface area contributed by atoms with E-state index in [2.05, 4.69) is 4.98 Å². The van der Waals surface area contributed by atoms with Gasteiger partial charge in [0.15, 0.2) is 5.52 Å². The number of ketones is 1. The molecule has 0 amide bonds. The number of fused-ring (bicyclic) bond motifs is 1. The first-order valence-electron chi connectivity index (χ1n) is 5.22. The Morgan fingerprint density at radius 2 is 1.78 bits per heavy atom. The summed E-state index contributed by atoms with van der Waals surface area (Å²) >= 11 is 0. The monoisotopic (exact) mass is 252 g/mol. The summed E-state index contributed by atoms with van der Waals surface area (Å²) in [6.07, 6.45) is 0. The minimum atomic E-state index is -0.649. The van der Waals surface area contributed by atoms with E-state index in [4.69, 9.17) is 0 Å². The molecule has 2 rings (SSSR count). The van der Waals surface area contributed by atoms with Crippen LogP contribution in [0.4, 0.5) is 0 Å². The van der Waals surface area contributed by atoms with Gasteiger partial charge in [-0.25, -0.2) is 9.59 Å². The lowest BCUT2D eigenvalue weighted by molar-refractivity contribution is -0.117. The Morgan fingerprint density at radius 3 is 2.33 bits per heavy atom. The van der Waals surface area contributed by atoms with Crippen LogP contribution in [-0.2, 0) is 25.4 Å². The number of Topliss-reactive ketones (excluding diaryl/α,β-unsaturated/α-hetero) is 1. The van der Waals surface area contributed by atoms with Crippen LogP contribution < -0.4 is 16.9 Å². The smallest absolute Gasteiger partial charge is 0.298 e. The standard InChI is InChI=1S/C10H12N4O4/c1-5(15)4-14-8(16)6-7(13(3)10(14)18)11-9(17)12(6)2/h4H2,1-3H3,(H,11,17). The molecule has 1 N–H and O–H groups in total. The van der Waals surface area contributed by atoms with Crippen molar-refractivity contribution >= 4 is 16.9 Å². The number of hydrogen-bond donors (Lipinski definition) is 1. The lowest BCUT2D eigenvalue weighted by Crippen LogP contribution is -2.41. The molecule has 0 aliphatic carbocycles. The molecule has 0 atom stereocenters. The van der Waals surface area contributed by atoms with Gasteiger partial charge >= 0.3 is 11.4 Å². The molecular weight excluding hydrogens is 240 g/mol. The number of carbonyl (C=O) groups is 1. The molecule has 2 aromatic heterocycles. The van der Waals surface area contributed by atoms with Gasteiger partial charge < -0.3 is 0 Å². The molecule has 0 radical (unpaired) electrons. The minimum Gasteiger partial charge on any atom is -0.298 e. The average Bonchev–Trinajstić information content (AvgIpc) is 2.59. The first kappa shape index (κ1) is 12.1. The lowest BCUT2D eigenvalue weighted by Gasteiger charge is -2.06. The van der Waals surface area contributed by atoms with Crippen LogP contribution in [0, 0.1) is 0 Å². The summed E-state index contributed by atoms with van der Waals surface area (Å²) in [5.41, 5.74) is -1.55. The van der Waals surface area contributed by atoms with E-state index in [9.17, 15) is 19.2 Å². The third kappa shape index (κ3) is 1.53. The molecule has 96 valence electrons. The van der Waals surface area contributed by atoms with Gasteiger partial charge in [-0.15, -0.1) is 0 Å². The predicted octanol–water partition coefficient (Wildman–Crippen LogP) is -1.68. The fourth-order valence-electron chi connectivity index (χ4n) is 1.85. The van der Waals surface area contributed by atoms with Gasteiger partial charge in [0.05, 0.1) is 6.54 Å². The SMILES string of the molecule is CC(=O)Cn1c(=O)c2c([nH]c(=O)n2C)n(C)c1=O. The molecule has 2 aromatic rings. The molecular formula is C10H12N4O4. The number of hydrogen-bond acceptors (Lipinski definition) is 4. The molecule has 0 aliphatic heterocycles. The van der Waals surface area contributed by atoms with Crippen molar-refractivity contribution in [3.63, 3.8) is 0 Å². The highest BCUT2D eigenvalue weighted by Gasteiger charge is 2.16. The molecule has 0 saturated carbocycles. The van der Waals surface area contributed by atoms with Gasteiger partial charge in [-0.1, -0.05) is 0 Å². The Balaban J connectivity index is 3.03. The van der Waals surface area contributed by atoms with Crippen LogP contribution in [0.25, 0.3) is 11.2 Å². The second kappa shape index (κ2) is 3.83. The zero-order chi connectivity index (χ0) is 13.6. The van der Waals surface area contributed by atoms with Crippen LogP contribution in [0.5, 0.6) is 0 Å². The fraction of sp³-hybridized carbons (Fsp3) is 0.400. The second-order valence-electron chi connectivity index (χ2n) is 4.12. The van der Waals surface area contributed by atoms with E-state index < -0.39 is 16.9 Å². The highest BCUT2D eigenvalue weighted by atomic mass is 16.2. The summed E-state index contributed by atoms with van der Waals surface area (Å²) in [7, 11) is 2.85. The number of nitrogens with one attached hydrogen (secondary N) is 1. The molecule has 18 heavy (non-hydrogen) atoms. The number of aromatic nitrogens is 4. The van der Waals surface area contributed by atoms with Gasteiger partial charge in [-0.2, -0.15) is 0 Å². The van der Waals surface area contributed by atoms with Crippen molar-refractivity contribution in [3.05, 3.63) is 31.3 Å². The van der Waals surface area contributed by atoms with Crippen molar-refractivity contribution in [2.75, 3.05) is 0 Å². The van der Waals surface area contributed by atoms with E-state index in [1.165, 1.54) is 21.0 Å². The largest absolute Gasteiger partial charge is 0.332 e. The average molecular weight is 252 g/mol. The van der Waals surface area contributed by atoms with E-state index in [0.29, 0.717) is 0 Å². The van der Waals surface area contributed by atoms with E-state index in [1.807, 2.05) is 0 Å². The third-order valence-electron chi connectivity index (χ3n) is 2.77. The summed E-state index contributed by atoms with van der Waals surface area (Å²) in [6.45, 7) is 0.979. The molecule has 0 unspecified atom stereocenters. The van der Waals surface area contributed by atoms with E-state index in [0.717, 1.165) is 13.7 Å². The molecule has 0 saturated heterocycles. The highest BCUT2D eigenvalue weighted by Crippen LogP contribution is 1.99. The van der Waals surface area contributed by atoms with Gasteiger partial charge in [0.25, 0.3) is 5.56 Å². The van der Waals surface area contributed by atoms with Gasteiger partial charge in [-0.05, 0) is 6.92 Å². The molecule has 8 nitrogen and oxygen atoms in total. The van der Waals surface area contributed by atoms with Crippen LogP contribution in [0.15, 0.2) is 14.4 Å². The Labute approximate surface area is 100 Å². The fourth-order valence-corrected chi connectivity index (χ4v) is 1.85. The maximum Gasteiger partial charge on any atom is 0.332 e. The molecule has 2 heterocycles. The maximum absolute atomic E-state index is 12.1. The molecule has 0 bridgehead atoms. The normalized spacial score (nSPS) is 11.1. The Bertz CT molecular complexity index is 817. The number of H-pyrrole nitrogens is 1. The van der Waals surface area contributed by atoms with Gasteiger partial charge in [0.2, 0.25) is 0 Å². The summed E-state index contributed by atoms with van der Waals surface area (Å²) in [6, 6.07) is 0. The highest BCUT2D eigenvalue weighted by molar-refractivity contribution is 5.76. The van der Waals surface area contributed by atoms with Crippen LogP contribution in [0.1, 0.15) is 6.92 Å². The summed E-state index contributed by atoms with van der Waals surface area (Å²) in [5, 5.41) is 0. The van der Waals surface area contributed by atoms with Crippen LogP contribution in [0.3, 0.4) is 0 Å². The van der Waals surface area contributed by atoms with Crippen LogP contribution in [0.2, 0.25) is 0 Å². The van der Waals surface area contributed by atoms with E-state index in [-0.39, 0.29) is 23.5 Å². The van der Waals surface area contributed by atoms with Crippen molar-refractivity contribution in [2.45, 2.75) is 13.5 Å². The van der Waals surface area contributed by atoms with Crippen molar-refractivity contribution < 1.29 is 4.79 Å². The summed E-state index contributed by atoms with van der Waals surface area (Å²) in [4.78, 5) is 49.0. The zero-order valence-corrected chi connectivity index (χ0v) is 10.2. The number of imidazole rings is 1. The second-order valence-corrected chi connectivity index (χ2v) is 4.12. The predicted molar refractivity (Wildman–Crippen MR) is 63.7 cm³/mol. The number of nitrogens with zero attached hydrogens (tertiary/aromatic N) is 3. The lowest BCUT2D eigenvalue weighted by atomic mass is 10.4. The molecule has 0 aromatic carbocycles. The summed E-state index contributed by atoms with van der Waals surface area (Å²) < 4.78 is 3.08. The number of rotatable bonds is 2. The topological polar surface area (TPSA) is 98.9 Å².